The topological polar surface area (TPSA) is 119 Å². The summed E-state index contributed by atoms with van der Waals surface area (Å²) in [5.74, 6) is 1.70. The number of carbonyl (C=O) groups is 1. The van der Waals surface area contributed by atoms with E-state index in [1.165, 1.54) is 19.3 Å². The predicted octanol–water partition coefficient (Wildman–Crippen LogP) is 4.78. The Hall–Kier alpha value is -0.850. The summed E-state index contributed by atoms with van der Waals surface area (Å²) in [6, 6.07) is 0. The number of aliphatic hydroxyl groups is 2. The zero-order valence-electron chi connectivity index (χ0n) is 33.2. The Morgan fingerprint density at radius 3 is 2.51 bits per heavy atom. The number of hydrogen-bond donors (Lipinski definition) is 3. The minimum Gasteiger partial charge on any atom is -0.390 e. The molecular weight excluding hydrogens is 648 g/mol. The highest BCUT2D eigenvalue weighted by molar-refractivity contribution is 5.78. The van der Waals surface area contributed by atoms with E-state index in [1.54, 1.807) is 7.11 Å². The van der Waals surface area contributed by atoms with Crippen LogP contribution in [0.1, 0.15) is 107 Å². The van der Waals surface area contributed by atoms with Crippen molar-refractivity contribution in [2.24, 2.45) is 50.7 Å². The Labute approximate surface area is 307 Å². The highest BCUT2D eigenvalue weighted by atomic mass is 16.7. The van der Waals surface area contributed by atoms with E-state index in [0.29, 0.717) is 62.6 Å². The van der Waals surface area contributed by atoms with Gasteiger partial charge in [-0.05, 0) is 117 Å². The number of fused-ring (bicyclic) bond motifs is 4. The fourth-order valence-corrected chi connectivity index (χ4v) is 14.3. The summed E-state index contributed by atoms with van der Waals surface area (Å²) < 4.78 is 31.2. The molecular formula is C41H70N2O8. The van der Waals surface area contributed by atoms with Crippen molar-refractivity contribution in [2.75, 3.05) is 53.1 Å². The second-order valence-corrected chi connectivity index (χ2v) is 19.6. The quantitative estimate of drug-likeness (QED) is 0.260. The van der Waals surface area contributed by atoms with E-state index in [1.807, 2.05) is 20.8 Å². The van der Waals surface area contributed by atoms with Gasteiger partial charge in [-0.3, -0.25) is 9.69 Å². The van der Waals surface area contributed by atoms with Gasteiger partial charge < -0.3 is 39.2 Å². The Kier molecular flexibility index (Phi) is 10.1. The number of aliphatic hydroxyl groups excluding tert-OH is 1. The average molecular weight is 719 g/mol. The lowest BCUT2D eigenvalue weighted by Crippen LogP contribution is -2.60. The molecule has 0 aromatic heterocycles. The molecule has 10 nitrogen and oxygen atoms in total. The molecule has 0 aromatic rings. The molecule has 2 heterocycles. The van der Waals surface area contributed by atoms with E-state index in [2.05, 4.69) is 44.8 Å². The van der Waals surface area contributed by atoms with Crippen LogP contribution in [-0.2, 0) is 28.5 Å². The highest BCUT2D eigenvalue weighted by Gasteiger charge is 2.84. The van der Waals surface area contributed by atoms with Gasteiger partial charge in [-0.25, -0.2) is 0 Å². The Bertz CT molecular complexity index is 1290. The van der Waals surface area contributed by atoms with Gasteiger partial charge in [-0.1, -0.05) is 34.6 Å². The van der Waals surface area contributed by atoms with Crippen molar-refractivity contribution in [3.05, 3.63) is 0 Å². The second-order valence-electron chi connectivity index (χ2n) is 19.6. The summed E-state index contributed by atoms with van der Waals surface area (Å²) in [6.07, 6.45) is 7.31. The van der Waals surface area contributed by atoms with Gasteiger partial charge in [0.25, 0.3) is 0 Å². The summed E-state index contributed by atoms with van der Waals surface area (Å²) >= 11 is 0. The molecule has 0 radical (unpaired) electrons. The number of hydrogen-bond acceptors (Lipinski definition) is 9. The summed E-state index contributed by atoms with van der Waals surface area (Å²) in [5.41, 5.74) is -0.717. The third-order valence-electron chi connectivity index (χ3n) is 16.6. The molecule has 7 aliphatic rings. The first-order valence-electron chi connectivity index (χ1n) is 20.4. The molecule has 2 aliphatic heterocycles. The molecule has 3 N–H and O–H groups in total. The van der Waals surface area contributed by atoms with Crippen molar-refractivity contribution in [1.82, 2.24) is 10.2 Å². The van der Waals surface area contributed by atoms with Crippen LogP contribution in [-0.4, -0.2) is 117 Å². The Balaban J connectivity index is 1.06. The number of nitrogens with one attached hydrogen (secondary N) is 1. The maximum Gasteiger partial charge on any atom is 0.234 e. The molecule has 10 heteroatoms. The van der Waals surface area contributed by atoms with Crippen LogP contribution in [0.25, 0.3) is 0 Å². The molecule has 51 heavy (non-hydrogen) atoms. The van der Waals surface area contributed by atoms with E-state index < -0.39 is 17.8 Å². The summed E-state index contributed by atoms with van der Waals surface area (Å²) in [5, 5.41) is 26.6. The lowest BCUT2D eigenvalue weighted by Gasteiger charge is -2.64. The molecule has 292 valence electrons. The number of nitrogens with zero attached hydrogens (tertiary/aromatic N) is 1. The Morgan fingerprint density at radius 2 is 1.80 bits per heavy atom. The standard InChI is InChI=1S/C41H70N2O8/c1-10-48-35(37(5,6)46)26-21-25(2)32-33(50-26)34(45)39(8)28-12-11-27-36(3,4)29(13-14-40(27)24-41(28,40)16-15-38(32,39)7)51-31-23-43(18-20-49-31)22-30(44)42-17-19-47-9/h25-29,31-35,45-46H,10-24H2,1-9H3,(H,42,44)/t25-,26-,27+,28+,29+,31+,32+,33+,34+,35+,38-,39-,40?,41+/m1/s1. The van der Waals surface area contributed by atoms with Crippen LogP contribution < -0.4 is 5.32 Å². The summed E-state index contributed by atoms with van der Waals surface area (Å²) in [7, 11) is 1.64. The molecule has 1 amide bonds. The molecule has 0 bridgehead atoms. The van der Waals surface area contributed by atoms with Gasteiger partial charge in [-0.2, -0.15) is 0 Å². The molecule has 7 rings (SSSR count). The van der Waals surface area contributed by atoms with Crippen LogP contribution in [0.4, 0.5) is 0 Å². The van der Waals surface area contributed by atoms with Crippen LogP contribution >= 0.6 is 0 Å². The number of rotatable bonds is 11. The van der Waals surface area contributed by atoms with E-state index >= 15 is 0 Å². The monoisotopic (exact) mass is 719 g/mol. The van der Waals surface area contributed by atoms with Crippen LogP contribution in [0.5, 0.6) is 0 Å². The number of methoxy groups -OCH3 is 1. The third kappa shape index (κ3) is 5.81. The molecule has 0 aromatic carbocycles. The first-order chi connectivity index (χ1) is 24.0. The summed E-state index contributed by atoms with van der Waals surface area (Å²) in [6.45, 7) is 21.6. The average Bonchev–Trinajstić information content (AvgIpc) is 3.69. The van der Waals surface area contributed by atoms with Gasteiger partial charge in [0.2, 0.25) is 5.91 Å². The van der Waals surface area contributed by atoms with Crippen LogP contribution in [0.2, 0.25) is 0 Å². The van der Waals surface area contributed by atoms with Gasteiger partial charge in [0.15, 0.2) is 6.29 Å². The first-order valence-corrected chi connectivity index (χ1v) is 20.4. The second kappa shape index (κ2) is 13.4. The zero-order valence-corrected chi connectivity index (χ0v) is 33.2. The maximum atomic E-state index is 12.6. The minimum atomic E-state index is -1.03. The van der Waals surface area contributed by atoms with Gasteiger partial charge in [-0.15, -0.1) is 0 Å². The number of ether oxygens (including phenoxy) is 5. The normalized spacial score (nSPS) is 48.0. The van der Waals surface area contributed by atoms with Crippen LogP contribution in [0.3, 0.4) is 0 Å². The molecule has 7 fully saturated rings. The van der Waals surface area contributed by atoms with Gasteiger partial charge in [0, 0.05) is 32.2 Å². The van der Waals surface area contributed by atoms with Gasteiger partial charge >= 0.3 is 0 Å². The number of carbonyl (C=O) groups excluding carboxylic acids is 1. The van der Waals surface area contributed by atoms with Gasteiger partial charge in [0.1, 0.15) is 6.10 Å². The predicted molar refractivity (Wildman–Crippen MR) is 194 cm³/mol. The highest BCUT2D eigenvalue weighted by Crippen LogP contribution is 2.89. The molecule has 2 spiro atoms. The Morgan fingerprint density at radius 1 is 1.08 bits per heavy atom. The SMILES string of the molecule is CCO[C@@H]([C@H]1C[C@@H](C)[C@H]2[C@H](O1)[C@H](O)[C@@]1(C)[C@@H]3CC[C@H]4C(C)(C)[C@@H](O[C@H]5CN(CC(=O)NCCOC)CCO5)CCC45C[C@@]35CC[C@]21C)C(C)(C)O. The van der Waals surface area contributed by atoms with E-state index in [0.717, 1.165) is 38.6 Å². The van der Waals surface area contributed by atoms with Crippen molar-refractivity contribution in [2.45, 2.75) is 149 Å². The molecule has 5 aliphatic carbocycles. The van der Waals surface area contributed by atoms with Crippen molar-refractivity contribution in [1.29, 1.82) is 0 Å². The van der Waals surface area contributed by atoms with Gasteiger partial charge in [0.05, 0.1) is 56.3 Å². The first kappa shape index (κ1) is 38.4. The minimum absolute atomic E-state index is 0.00391. The van der Waals surface area contributed by atoms with Crippen molar-refractivity contribution in [3.8, 4) is 0 Å². The number of morpholine rings is 1. The maximum absolute atomic E-state index is 12.6. The van der Waals surface area contributed by atoms with Crippen molar-refractivity contribution < 1.29 is 38.7 Å². The van der Waals surface area contributed by atoms with Crippen LogP contribution in [0.15, 0.2) is 0 Å². The molecule has 1 unspecified atom stereocenters. The molecule has 2 saturated heterocycles. The van der Waals surface area contributed by atoms with Crippen molar-refractivity contribution in [3.63, 3.8) is 0 Å². The number of amides is 1. The largest absolute Gasteiger partial charge is 0.390 e. The van der Waals surface area contributed by atoms with Crippen LogP contribution in [0, 0.1) is 50.7 Å². The lowest BCUT2D eigenvalue weighted by molar-refractivity contribution is -0.248. The lowest BCUT2D eigenvalue weighted by atomic mass is 9.41. The fraction of sp³-hybridized carbons (Fsp3) is 0.976. The fourth-order valence-electron chi connectivity index (χ4n) is 14.3. The zero-order chi connectivity index (χ0) is 36.8. The van der Waals surface area contributed by atoms with Crippen molar-refractivity contribution >= 4 is 5.91 Å². The molecule has 5 saturated carbocycles. The molecule has 14 atom stereocenters. The smallest absolute Gasteiger partial charge is 0.234 e. The third-order valence-corrected chi connectivity index (χ3v) is 16.6. The van der Waals surface area contributed by atoms with E-state index in [9.17, 15) is 15.0 Å². The van der Waals surface area contributed by atoms with E-state index in [-0.39, 0.29) is 58.1 Å². The summed E-state index contributed by atoms with van der Waals surface area (Å²) in [4.78, 5) is 14.6. The van der Waals surface area contributed by atoms with E-state index in [4.69, 9.17) is 23.7 Å².